The highest BCUT2D eigenvalue weighted by Crippen LogP contribution is 2.52. The monoisotopic (exact) mass is 345 g/mol. The lowest BCUT2D eigenvalue weighted by molar-refractivity contribution is -0.152. The summed E-state index contributed by atoms with van der Waals surface area (Å²) in [6, 6.07) is 3.48. The molecular weight excluding hydrogens is 328 g/mol. The molecule has 0 unspecified atom stereocenters. The van der Waals surface area contributed by atoms with Gasteiger partial charge in [0.05, 0.1) is 16.0 Å². The predicted octanol–water partition coefficient (Wildman–Crippen LogP) is 4.25. The molecule has 0 spiro atoms. The van der Waals surface area contributed by atoms with E-state index >= 15 is 0 Å². The lowest BCUT2D eigenvalue weighted by Crippen LogP contribution is -2.41. The smallest absolute Gasteiger partial charge is 0.306 e. The minimum atomic E-state index is -1.67. The molecule has 1 aromatic carbocycles. The zero-order valence-corrected chi connectivity index (χ0v) is 13.6. The quantitative estimate of drug-likeness (QED) is 0.886. The topological polar surface area (TPSA) is 40.5 Å². The van der Waals surface area contributed by atoms with Crippen LogP contribution in [0, 0.1) is 5.92 Å². The maximum absolute atomic E-state index is 14.8. The standard InChI is InChI=1S/C16H18Cl2FNO2/c17-13-10(9-20-5-1-2-6-20)3-4-12(14(13)18)16(19)7-11(8-16)15(21)22/h3-4,11H,1-2,5-9H2,(H,21,22). The Morgan fingerprint density at radius 3 is 2.50 bits per heavy atom. The number of nitrogens with zero attached hydrogens (tertiary/aromatic N) is 1. The minimum absolute atomic E-state index is 0.0378. The average molecular weight is 346 g/mol. The fourth-order valence-corrected chi connectivity index (χ4v) is 3.93. The highest BCUT2D eigenvalue weighted by molar-refractivity contribution is 6.43. The molecule has 1 N–H and O–H groups in total. The summed E-state index contributed by atoms with van der Waals surface area (Å²) in [4.78, 5) is 13.2. The van der Waals surface area contributed by atoms with E-state index in [-0.39, 0.29) is 17.9 Å². The van der Waals surface area contributed by atoms with E-state index < -0.39 is 17.6 Å². The second-order valence-electron chi connectivity index (χ2n) is 6.29. The summed E-state index contributed by atoms with van der Waals surface area (Å²) in [5.74, 6) is -1.59. The number of carbonyl (C=O) groups is 1. The third-order valence-corrected chi connectivity index (χ3v) is 5.65. The van der Waals surface area contributed by atoms with E-state index in [1.807, 2.05) is 6.07 Å². The van der Waals surface area contributed by atoms with E-state index in [4.69, 9.17) is 28.3 Å². The van der Waals surface area contributed by atoms with E-state index in [0.29, 0.717) is 10.6 Å². The molecule has 0 bridgehead atoms. The molecule has 3 rings (SSSR count). The summed E-state index contributed by atoms with van der Waals surface area (Å²) in [7, 11) is 0. The van der Waals surface area contributed by atoms with Crippen molar-refractivity contribution in [3.05, 3.63) is 33.3 Å². The summed E-state index contributed by atoms with van der Waals surface area (Å²) in [6.45, 7) is 2.81. The summed E-state index contributed by atoms with van der Waals surface area (Å²) in [5, 5.41) is 9.53. The van der Waals surface area contributed by atoms with Gasteiger partial charge in [-0.15, -0.1) is 0 Å². The normalized spacial score (nSPS) is 28.6. The first-order valence-electron chi connectivity index (χ1n) is 7.52. The van der Waals surface area contributed by atoms with Crippen LogP contribution in [0.5, 0.6) is 0 Å². The van der Waals surface area contributed by atoms with Crippen molar-refractivity contribution in [2.24, 2.45) is 5.92 Å². The van der Waals surface area contributed by atoms with Crippen molar-refractivity contribution in [3.63, 3.8) is 0 Å². The first kappa shape index (κ1) is 16.0. The summed E-state index contributed by atoms with van der Waals surface area (Å²) in [5.41, 5.74) is -0.451. The lowest BCUT2D eigenvalue weighted by Gasteiger charge is -2.40. The van der Waals surface area contributed by atoms with E-state index in [1.165, 1.54) is 12.8 Å². The molecule has 120 valence electrons. The van der Waals surface area contributed by atoms with Crippen molar-refractivity contribution in [1.29, 1.82) is 0 Å². The zero-order chi connectivity index (χ0) is 15.9. The van der Waals surface area contributed by atoms with Crippen LogP contribution in [0.25, 0.3) is 0 Å². The van der Waals surface area contributed by atoms with Gasteiger partial charge in [0.15, 0.2) is 0 Å². The Morgan fingerprint density at radius 2 is 1.91 bits per heavy atom. The fourth-order valence-electron chi connectivity index (χ4n) is 3.36. The summed E-state index contributed by atoms with van der Waals surface area (Å²) in [6.07, 6.45) is 2.30. The van der Waals surface area contributed by atoms with E-state index in [1.54, 1.807) is 6.07 Å². The Kier molecular flexibility index (Phi) is 4.36. The van der Waals surface area contributed by atoms with Crippen molar-refractivity contribution < 1.29 is 14.3 Å². The average Bonchev–Trinajstić information content (AvgIpc) is 2.93. The zero-order valence-electron chi connectivity index (χ0n) is 12.1. The lowest BCUT2D eigenvalue weighted by atomic mass is 9.68. The van der Waals surface area contributed by atoms with Gasteiger partial charge in [0.1, 0.15) is 5.67 Å². The minimum Gasteiger partial charge on any atom is -0.481 e. The van der Waals surface area contributed by atoms with Crippen molar-refractivity contribution in [1.82, 2.24) is 4.90 Å². The van der Waals surface area contributed by atoms with Gasteiger partial charge in [0.2, 0.25) is 0 Å². The van der Waals surface area contributed by atoms with Gasteiger partial charge in [-0.1, -0.05) is 35.3 Å². The molecule has 1 heterocycles. The third kappa shape index (κ3) is 2.84. The molecular formula is C16H18Cl2FNO2. The first-order chi connectivity index (χ1) is 10.4. The maximum atomic E-state index is 14.8. The SMILES string of the molecule is O=C(O)C1CC(F)(c2ccc(CN3CCCC3)c(Cl)c2Cl)C1. The number of benzene rings is 1. The molecule has 6 heteroatoms. The Bertz CT molecular complexity index is 596. The molecule has 2 aliphatic rings. The fraction of sp³-hybridized carbons (Fsp3) is 0.562. The number of hydrogen-bond donors (Lipinski definition) is 1. The number of rotatable bonds is 4. The molecule has 0 aromatic heterocycles. The van der Waals surface area contributed by atoms with Crippen LogP contribution >= 0.6 is 23.2 Å². The molecule has 0 amide bonds. The van der Waals surface area contributed by atoms with Crippen molar-refractivity contribution in [3.8, 4) is 0 Å². The largest absolute Gasteiger partial charge is 0.481 e. The number of halogens is 3. The van der Waals surface area contributed by atoms with Gasteiger partial charge in [0.25, 0.3) is 0 Å². The van der Waals surface area contributed by atoms with Crippen LogP contribution < -0.4 is 0 Å². The molecule has 22 heavy (non-hydrogen) atoms. The molecule has 3 nitrogen and oxygen atoms in total. The molecule has 2 fully saturated rings. The second kappa shape index (κ2) is 5.99. The van der Waals surface area contributed by atoms with Crippen LogP contribution in [-0.2, 0) is 17.0 Å². The van der Waals surface area contributed by atoms with E-state index in [9.17, 15) is 9.18 Å². The molecule has 1 aromatic rings. The van der Waals surface area contributed by atoms with Crippen molar-refractivity contribution >= 4 is 29.2 Å². The van der Waals surface area contributed by atoms with Crippen LogP contribution in [-0.4, -0.2) is 29.1 Å². The van der Waals surface area contributed by atoms with E-state index in [2.05, 4.69) is 4.90 Å². The Labute approximate surface area is 139 Å². The summed E-state index contributed by atoms with van der Waals surface area (Å²) >= 11 is 12.6. The number of carboxylic acid groups (broad SMARTS) is 1. The Morgan fingerprint density at radius 1 is 1.27 bits per heavy atom. The van der Waals surface area contributed by atoms with Gasteiger partial charge in [-0.2, -0.15) is 0 Å². The molecule has 1 aliphatic carbocycles. The van der Waals surface area contributed by atoms with Crippen LogP contribution in [0.3, 0.4) is 0 Å². The van der Waals surface area contributed by atoms with Crippen molar-refractivity contribution in [2.45, 2.75) is 37.9 Å². The second-order valence-corrected chi connectivity index (χ2v) is 7.05. The molecule has 0 atom stereocenters. The molecule has 1 aliphatic heterocycles. The van der Waals surface area contributed by atoms with E-state index in [0.717, 1.165) is 25.2 Å². The third-order valence-electron chi connectivity index (χ3n) is 4.73. The highest BCUT2D eigenvalue weighted by atomic mass is 35.5. The Balaban J connectivity index is 1.79. The van der Waals surface area contributed by atoms with Gasteiger partial charge in [-0.25, -0.2) is 4.39 Å². The number of carboxylic acids is 1. The first-order valence-corrected chi connectivity index (χ1v) is 8.28. The van der Waals surface area contributed by atoms with Crippen LogP contribution in [0.1, 0.15) is 36.8 Å². The molecule has 1 saturated heterocycles. The predicted molar refractivity (Wildman–Crippen MR) is 84.1 cm³/mol. The van der Waals surface area contributed by atoms with Gasteiger partial charge >= 0.3 is 5.97 Å². The number of hydrogen-bond acceptors (Lipinski definition) is 2. The van der Waals surface area contributed by atoms with Gasteiger partial charge in [-0.05, 0) is 44.3 Å². The molecule has 0 radical (unpaired) electrons. The number of aliphatic carboxylic acids is 1. The summed E-state index contributed by atoms with van der Waals surface area (Å²) < 4.78 is 14.8. The van der Waals surface area contributed by atoms with Crippen LogP contribution in [0.15, 0.2) is 12.1 Å². The maximum Gasteiger partial charge on any atom is 0.306 e. The Hall–Kier alpha value is -0.840. The van der Waals surface area contributed by atoms with Gasteiger partial charge in [-0.3, -0.25) is 9.69 Å². The highest BCUT2D eigenvalue weighted by Gasteiger charge is 2.50. The molecule has 1 saturated carbocycles. The van der Waals surface area contributed by atoms with Crippen LogP contribution in [0.4, 0.5) is 4.39 Å². The van der Waals surface area contributed by atoms with Crippen molar-refractivity contribution in [2.75, 3.05) is 13.1 Å². The van der Waals surface area contributed by atoms with Gasteiger partial charge in [0, 0.05) is 12.1 Å². The van der Waals surface area contributed by atoms with Crippen LogP contribution in [0.2, 0.25) is 10.0 Å². The number of likely N-dealkylation sites (tertiary alicyclic amines) is 1. The van der Waals surface area contributed by atoms with Gasteiger partial charge < -0.3 is 5.11 Å². The number of alkyl halides is 1.